The maximum Gasteiger partial charge on any atom is 0.343 e. The van der Waals surface area contributed by atoms with Crippen molar-refractivity contribution >= 4 is 11.9 Å². The molecular weight excluding hydrogens is 499 g/mol. The van der Waals surface area contributed by atoms with Crippen molar-refractivity contribution < 1.29 is 41.4 Å². The Kier molecular flexibility index (Phi) is 9.48. The van der Waals surface area contributed by atoms with Crippen LogP contribution in [0.5, 0.6) is 5.75 Å². The molecule has 0 unspecified atom stereocenters. The summed E-state index contributed by atoms with van der Waals surface area (Å²) in [6.45, 7) is 0. The molecule has 0 aliphatic rings. The maximum atomic E-state index is 13.4. The van der Waals surface area contributed by atoms with Gasteiger partial charge in [0.05, 0.1) is 11.1 Å². The lowest BCUT2D eigenvalue weighted by Gasteiger charge is -2.08. The zero-order chi connectivity index (χ0) is 27.5. The minimum Gasteiger partial charge on any atom is -0.478 e. The van der Waals surface area contributed by atoms with Crippen LogP contribution in [0.3, 0.4) is 0 Å². The molecule has 0 saturated heterocycles. The SMILES string of the molecule is N#CC#Cc1ccc(C(=O)O)cc1.N#CC#Cc1ccc(C(=O)Oc2c(F)c(F)c(F)c(F)c2F)cc1. The zero-order valence-corrected chi connectivity index (χ0v) is 18.1. The predicted octanol–water partition coefficient (Wildman–Crippen LogP) is 4.74. The maximum absolute atomic E-state index is 13.4. The van der Waals surface area contributed by atoms with Crippen molar-refractivity contribution in [1.29, 1.82) is 10.5 Å². The number of hydrogen-bond donors (Lipinski definition) is 1. The number of nitriles is 2. The molecule has 0 bridgehead atoms. The van der Waals surface area contributed by atoms with Crippen LogP contribution in [0, 0.1) is 75.4 Å². The number of ether oxygens (including phenoxy) is 1. The van der Waals surface area contributed by atoms with Crippen molar-refractivity contribution in [1.82, 2.24) is 0 Å². The monoisotopic (exact) mass is 508 g/mol. The first-order chi connectivity index (χ1) is 17.6. The average Bonchev–Trinajstić information content (AvgIpc) is 2.91. The quantitative estimate of drug-likeness (QED) is 0.137. The first-order valence-corrected chi connectivity index (χ1v) is 9.57. The molecule has 0 aliphatic carbocycles. The number of carboxylic acids is 1. The summed E-state index contributed by atoms with van der Waals surface area (Å²) in [5, 5.41) is 25.0. The summed E-state index contributed by atoms with van der Waals surface area (Å²) in [6.07, 6.45) is 0. The lowest BCUT2D eigenvalue weighted by molar-refractivity contribution is 0.0692. The third kappa shape index (κ3) is 7.16. The standard InChI is InChI=1S/C16H4F5NO2.C10H5NO2/c17-10-11(18)13(20)15(14(21)12(10)19)24-16(23)9-5-3-8(4-6-9)2-1-7-22;11-7-1-2-8-3-5-9(6-4-8)10(12)13/h3-6H;3-6H,(H,12,13). The van der Waals surface area contributed by atoms with Crippen molar-refractivity contribution in [2.45, 2.75) is 0 Å². The number of hydrogen-bond acceptors (Lipinski definition) is 5. The number of benzene rings is 3. The van der Waals surface area contributed by atoms with Gasteiger partial charge in [0.2, 0.25) is 34.8 Å². The molecule has 11 heteroatoms. The minimum atomic E-state index is -2.36. The number of esters is 1. The van der Waals surface area contributed by atoms with E-state index in [1.165, 1.54) is 24.3 Å². The van der Waals surface area contributed by atoms with Crippen LogP contribution >= 0.6 is 0 Å². The van der Waals surface area contributed by atoms with Crippen molar-refractivity contribution in [3.8, 4) is 41.6 Å². The van der Waals surface area contributed by atoms with Gasteiger partial charge in [0.15, 0.2) is 12.1 Å². The molecule has 0 heterocycles. The predicted molar refractivity (Wildman–Crippen MR) is 116 cm³/mol. The molecule has 37 heavy (non-hydrogen) atoms. The topological polar surface area (TPSA) is 111 Å². The van der Waals surface area contributed by atoms with E-state index in [-0.39, 0.29) is 11.1 Å². The summed E-state index contributed by atoms with van der Waals surface area (Å²) in [5.41, 5.74) is 0.986. The second-order valence-corrected chi connectivity index (χ2v) is 6.47. The fourth-order valence-electron chi connectivity index (χ4n) is 2.41. The zero-order valence-electron chi connectivity index (χ0n) is 18.1. The van der Waals surface area contributed by atoms with E-state index in [1.54, 1.807) is 24.3 Å². The third-order valence-electron chi connectivity index (χ3n) is 4.14. The minimum absolute atomic E-state index is 0.211. The Morgan fingerprint density at radius 3 is 1.41 bits per heavy atom. The van der Waals surface area contributed by atoms with Gasteiger partial charge in [-0.25, -0.2) is 22.8 Å². The molecule has 0 amide bonds. The van der Waals surface area contributed by atoms with Gasteiger partial charge in [-0.15, -0.1) is 0 Å². The van der Waals surface area contributed by atoms with E-state index in [0.717, 1.165) is 12.1 Å². The molecule has 0 saturated carbocycles. The van der Waals surface area contributed by atoms with Crippen LogP contribution in [0.25, 0.3) is 0 Å². The molecule has 0 aromatic heterocycles. The molecule has 3 aromatic carbocycles. The van der Waals surface area contributed by atoms with Crippen LogP contribution in [-0.2, 0) is 0 Å². The molecule has 3 rings (SSSR count). The highest BCUT2D eigenvalue weighted by Crippen LogP contribution is 2.29. The molecule has 0 aliphatic heterocycles. The Bertz CT molecular complexity index is 1540. The van der Waals surface area contributed by atoms with Crippen molar-refractivity contribution in [3.05, 3.63) is 99.9 Å². The fourth-order valence-corrected chi connectivity index (χ4v) is 2.41. The van der Waals surface area contributed by atoms with E-state index >= 15 is 0 Å². The summed E-state index contributed by atoms with van der Waals surface area (Å²) in [4.78, 5) is 22.2. The normalized spacial score (nSPS) is 9.05. The van der Waals surface area contributed by atoms with E-state index in [0.29, 0.717) is 11.1 Å². The number of nitrogens with zero attached hydrogens (tertiary/aromatic N) is 2. The number of aromatic carboxylic acids is 1. The van der Waals surface area contributed by atoms with E-state index in [2.05, 4.69) is 28.4 Å². The Morgan fingerprint density at radius 2 is 1.03 bits per heavy atom. The van der Waals surface area contributed by atoms with Crippen molar-refractivity contribution in [2.24, 2.45) is 0 Å². The van der Waals surface area contributed by atoms with Crippen LogP contribution < -0.4 is 4.74 Å². The average molecular weight is 508 g/mol. The summed E-state index contributed by atoms with van der Waals surface area (Å²) >= 11 is 0. The van der Waals surface area contributed by atoms with Crippen LogP contribution in [0.4, 0.5) is 22.0 Å². The lowest BCUT2D eigenvalue weighted by Crippen LogP contribution is -2.13. The number of carbonyl (C=O) groups excluding carboxylic acids is 1. The second kappa shape index (κ2) is 12.7. The Morgan fingerprint density at radius 1 is 0.649 bits per heavy atom. The number of halogens is 5. The smallest absolute Gasteiger partial charge is 0.343 e. The molecule has 6 nitrogen and oxygen atoms in total. The van der Waals surface area contributed by atoms with Gasteiger partial charge < -0.3 is 9.84 Å². The molecule has 0 fully saturated rings. The second-order valence-electron chi connectivity index (χ2n) is 6.47. The van der Waals surface area contributed by atoms with Crippen molar-refractivity contribution in [2.75, 3.05) is 0 Å². The largest absolute Gasteiger partial charge is 0.478 e. The third-order valence-corrected chi connectivity index (χ3v) is 4.14. The number of carboxylic acid groups (broad SMARTS) is 1. The highest BCUT2D eigenvalue weighted by Gasteiger charge is 2.28. The van der Waals surface area contributed by atoms with Crippen LogP contribution in [0.15, 0.2) is 48.5 Å². The molecule has 182 valence electrons. The van der Waals surface area contributed by atoms with E-state index in [9.17, 15) is 31.5 Å². The van der Waals surface area contributed by atoms with Crippen molar-refractivity contribution in [3.63, 3.8) is 0 Å². The molecule has 0 radical (unpaired) electrons. The summed E-state index contributed by atoms with van der Waals surface area (Å²) in [5.74, 6) is -6.00. The van der Waals surface area contributed by atoms with Gasteiger partial charge in [-0.3, -0.25) is 0 Å². The van der Waals surface area contributed by atoms with Gasteiger partial charge in [0.25, 0.3) is 0 Å². The first kappa shape index (κ1) is 27.6. The molecule has 0 spiro atoms. The van der Waals surface area contributed by atoms with Gasteiger partial charge in [-0.05, 0) is 48.5 Å². The highest BCUT2D eigenvalue weighted by molar-refractivity contribution is 5.91. The van der Waals surface area contributed by atoms with Crippen LogP contribution in [0.1, 0.15) is 31.8 Å². The Labute approximate surface area is 205 Å². The van der Waals surface area contributed by atoms with Gasteiger partial charge in [-0.1, -0.05) is 11.8 Å². The van der Waals surface area contributed by atoms with Gasteiger partial charge in [0, 0.05) is 23.0 Å². The molecular formula is C26H9F5N2O4. The van der Waals surface area contributed by atoms with Gasteiger partial charge in [-0.2, -0.15) is 19.3 Å². The van der Waals surface area contributed by atoms with E-state index in [1.807, 2.05) is 0 Å². The fraction of sp³-hybridized carbons (Fsp3) is 0. The van der Waals surface area contributed by atoms with Crippen LogP contribution in [0.2, 0.25) is 0 Å². The molecule has 0 atom stereocenters. The Balaban J connectivity index is 0.000000312. The Hall–Kier alpha value is -5.65. The van der Waals surface area contributed by atoms with E-state index < -0.39 is 46.8 Å². The summed E-state index contributed by atoms with van der Waals surface area (Å²) in [6, 6.07) is 14.2. The summed E-state index contributed by atoms with van der Waals surface area (Å²) < 4.78 is 70.1. The molecule has 1 N–H and O–H groups in total. The van der Waals surface area contributed by atoms with Gasteiger partial charge >= 0.3 is 11.9 Å². The summed E-state index contributed by atoms with van der Waals surface area (Å²) in [7, 11) is 0. The number of rotatable bonds is 3. The van der Waals surface area contributed by atoms with E-state index in [4.69, 9.17) is 15.6 Å². The first-order valence-electron chi connectivity index (χ1n) is 9.57. The lowest BCUT2D eigenvalue weighted by atomic mass is 10.1. The van der Waals surface area contributed by atoms with Crippen LogP contribution in [-0.4, -0.2) is 17.0 Å². The van der Waals surface area contributed by atoms with Gasteiger partial charge in [0.1, 0.15) is 0 Å². The highest BCUT2D eigenvalue weighted by atomic mass is 19.2. The molecule has 3 aromatic rings. The number of carbonyl (C=O) groups is 2.